The molecule has 0 unspecified atom stereocenters. The molecule has 0 atom stereocenters. The molecule has 160 valence electrons. The van der Waals surface area contributed by atoms with Crippen LogP contribution in [0.15, 0.2) is 48.7 Å². The Balaban J connectivity index is 1.47. The zero-order valence-corrected chi connectivity index (χ0v) is 18.4. The number of fused-ring (bicyclic) bond motifs is 1. The minimum absolute atomic E-state index is 0.131. The molecule has 2 aromatic carbocycles. The standard InChI is InChI=1S/C23H23ClN4O3/c1-4-28-18(11-21(26-28)19-7-6-17(24)10-22(19)30-3)12-23(29)31-14-15-5-8-20-16(9-15)13-27(2)25-20/h5-11,13H,4,12,14H2,1-3H3. The summed E-state index contributed by atoms with van der Waals surface area (Å²) < 4.78 is 14.5. The van der Waals surface area contributed by atoms with E-state index in [0.29, 0.717) is 17.3 Å². The van der Waals surface area contributed by atoms with Crippen LogP contribution >= 0.6 is 11.6 Å². The number of halogens is 1. The zero-order valence-electron chi connectivity index (χ0n) is 17.6. The van der Waals surface area contributed by atoms with Crippen LogP contribution in [0.3, 0.4) is 0 Å². The molecule has 4 aromatic rings. The Morgan fingerprint density at radius 1 is 1.13 bits per heavy atom. The maximum atomic E-state index is 12.5. The van der Waals surface area contributed by atoms with Crippen LogP contribution in [-0.4, -0.2) is 32.6 Å². The molecule has 0 saturated heterocycles. The summed E-state index contributed by atoms with van der Waals surface area (Å²) in [6.07, 6.45) is 2.07. The van der Waals surface area contributed by atoms with Gasteiger partial charge in [-0.3, -0.25) is 14.2 Å². The summed E-state index contributed by atoms with van der Waals surface area (Å²) in [6.45, 7) is 2.83. The lowest BCUT2D eigenvalue weighted by atomic mass is 10.1. The number of aryl methyl sites for hydroxylation is 2. The molecule has 0 fully saturated rings. The fraction of sp³-hybridized carbons (Fsp3) is 0.261. The number of hydrogen-bond donors (Lipinski definition) is 0. The van der Waals surface area contributed by atoms with E-state index < -0.39 is 0 Å². The molecule has 0 saturated carbocycles. The average molecular weight is 439 g/mol. The van der Waals surface area contributed by atoms with Crippen LogP contribution in [0.5, 0.6) is 5.75 Å². The molecule has 0 N–H and O–H groups in total. The zero-order chi connectivity index (χ0) is 22.0. The second-order valence-electron chi connectivity index (χ2n) is 7.21. The van der Waals surface area contributed by atoms with E-state index in [1.54, 1.807) is 28.6 Å². The van der Waals surface area contributed by atoms with Gasteiger partial charge in [-0.1, -0.05) is 17.7 Å². The van der Waals surface area contributed by atoms with E-state index in [1.807, 2.05) is 50.5 Å². The number of carbonyl (C=O) groups excluding carboxylic acids is 1. The molecule has 7 nitrogen and oxygen atoms in total. The number of aromatic nitrogens is 4. The van der Waals surface area contributed by atoms with Crippen LogP contribution in [0.4, 0.5) is 0 Å². The summed E-state index contributed by atoms with van der Waals surface area (Å²) in [4.78, 5) is 12.5. The first kappa shape index (κ1) is 20.9. The van der Waals surface area contributed by atoms with E-state index >= 15 is 0 Å². The molecule has 0 radical (unpaired) electrons. The summed E-state index contributed by atoms with van der Waals surface area (Å²) >= 11 is 6.06. The number of nitrogens with zero attached hydrogens (tertiary/aromatic N) is 4. The molecule has 2 aromatic heterocycles. The van der Waals surface area contributed by atoms with E-state index in [0.717, 1.165) is 33.4 Å². The smallest absolute Gasteiger partial charge is 0.312 e. The molecule has 31 heavy (non-hydrogen) atoms. The van der Waals surface area contributed by atoms with Gasteiger partial charge in [-0.15, -0.1) is 0 Å². The molecule has 0 spiro atoms. The van der Waals surface area contributed by atoms with Crippen molar-refractivity contribution in [1.29, 1.82) is 0 Å². The van der Waals surface area contributed by atoms with Crippen LogP contribution < -0.4 is 4.74 Å². The van der Waals surface area contributed by atoms with Gasteiger partial charge in [0.25, 0.3) is 0 Å². The SMILES string of the molecule is CCn1nc(-c2ccc(Cl)cc2OC)cc1CC(=O)OCc1ccc2nn(C)cc2c1. The second-order valence-corrected chi connectivity index (χ2v) is 7.65. The Bertz CT molecular complexity index is 1250. The first-order chi connectivity index (χ1) is 15.0. The highest BCUT2D eigenvalue weighted by molar-refractivity contribution is 6.30. The van der Waals surface area contributed by atoms with E-state index in [9.17, 15) is 4.79 Å². The van der Waals surface area contributed by atoms with Crippen LogP contribution in [0.25, 0.3) is 22.2 Å². The van der Waals surface area contributed by atoms with Gasteiger partial charge in [0.15, 0.2) is 0 Å². The third-order valence-corrected chi connectivity index (χ3v) is 5.25. The molecule has 0 aliphatic rings. The maximum absolute atomic E-state index is 12.5. The van der Waals surface area contributed by atoms with Crippen molar-refractivity contribution in [3.8, 4) is 17.0 Å². The van der Waals surface area contributed by atoms with Crippen LogP contribution in [0.1, 0.15) is 18.2 Å². The van der Waals surface area contributed by atoms with Gasteiger partial charge in [0, 0.05) is 35.8 Å². The van der Waals surface area contributed by atoms with E-state index in [4.69, 9.17) is 21.1 Å². The van der Waals surface area contributed by atoms with E-state index in [-0.39, 0.29) is 19.0 Å². The van der Waals surface area contributed by atoms with Gasteiger partial charge in [-0.25, -0.2) is 0 Å². The third kappa shape index (κ3) is 4.56. The molecular weight excluding hydrogens is 416 g/mol. The Morgan fingerprint density at radius 3 is 2.74 bits per heavy atom. The number of esters is 1. The Kier molecular flexibility index (Phi) is 5.95. The van der Waals surface area contributed by atoms with Crippen molar-refractivity contribution < 1.29 is 14.3 Å². The number of carbonyl (C=O) groups is 1. The Labute approximate surface area is 185 Å². The van der Waals surface area contributed by atoms with Gasteiger partial charge in [-0.2, -0.15) is 10.2 Å². The first-order valence-corrected chi connectivity index (χ1v) is 10.3. The summed E-state index contributed by atoms with van der Waals surface area (Å²) in [7, 11) is 3.47. The lowest BCUT2D eigenvalue weighted by Gasteiger charge is -2.06. The lowest BCUT2D eigenvalue weighted by Crippen LogP contribution is -2.12. The topological polar surface area (TPSA) is 71.2 Å². The minimum atomic E-state index is -0.310. The molecule has 2 heterocycles. The Morgan fingerprint density at radius 2 is 1.97 bits per heavy atom. The van der Waals surface area contributed by atoms with Crippen molar-refractivity contribution in [1.82, 2.24) is 19.6 Å². The highest BCUT2D eigenvalue weighted by Crippen LogP contribution is 2.32. The van der Waals surface area contributed by atoms with Crippen molar-refractivity contribution in [2.24, 2.45) is 7.05 Å². The van der Waals surface area contributed by atoms with Crippen LogP contribution in [0, 0.1) is 0 Å². The normalized spacial score (nSPS) is 11.1. The quantitative estimate of drug-likeness (QED) is 0.400. The van der Waals surface area contributed by atoms with Crippen molar-refractivity contribution >= 4 is 28.5 Å². The van der Waals surface area contributed by atoms with Crippen LogP contribution in [-0.2, 0) is 36.2 Å². The average Bonchev–Trinajstić information content (AvgIpc) is 3.33. The fourth-order valence-electron chi connectivity index (χ4n) is 3.53. The molecule has 0 aliphatic heterocycles. The molecule has 0 amide bonds. The van der Waals surface area contributed by atoms with Gasteiger partial charge < -0.3 is 9.47 Å². The monoisotopic (exact) mass is 438 g/mol. The lowest BCUT2D eigenvalue weighted by molar-refractivity contribution is -0.144. The fourth-order valence-corrected chi connectivity index (χ4v) is 3.69. The molecular formula is C23H23ClN4O3. The molecule has 8 heteroatoms. The predicted molar refractivity (Wildman–Crippen MR) is 119 cm³/mol. The largest absolute Gasteiger partial charge is 0.496 e. The first-order valence-electron chi connectivity index (χ1n) is 9.95. The van der Waals surface area contributed by atoms with Crippen molar-refractivity contribution in [2.45, 2.75) is 26.5 Å². The highest BCUT2D eigenvalue weighted by atomic mass is 35.5. The van der Waals surface area contributed by atoms with Gasteiger partial charge in [-0.05, 0) is 48.9 Å². The van der Waals surface area contributed by atoms with Gasteiger partial charge in [0.1, 0.15) is 12.4 Å². The predicted octanol–water partition coefficient (Wildman–Crippen LogP) is 4.40. The summed E-state index contributed by atoms with van der Waals surface area (Å²) in [5.41, 5.74) is 4.15. The maximum Gasteiger partial charge on any atom is 0.312 e. The van der Waals surface area contributed by atoms with E-state index in [1.165, 1.54) is 0 Å². The van der Waals surface area contributed by atoms with Crippen LogP contribution in [0.2, 0.25) is 5.02 Å². The number of ether oxygens (including phenoxy) is 2. The minimum Gasteiger partial charge on any atom is -0.496 e. The number of rotatable bonds is 7. The highest BCUT2D eigenvalue weighted by Gasteiger charge is 2.16. The van der Waals surface area contributed by atoms with Gasteiger partial charge in [0.2, 0.25) is 0 Å². The number of methoxy groups -OCH3 is 1. The van der Waals surface area contributed by atoms with Crippen molar-refractivity contribution in [2.75, 3.05) is 7.11 Å². The number of benzene rings is 2. The summed E-state index contributed by atoms with van der Waals surface area (Å²) in [6, 6.07) is 13.1. The van der Waals surface area contributed by atoms with E-state index in [2.05, 4.69) is 10.2 Å². The van der Waals surface area contributed by atoms with Gasteiger partial charge >= 0.3 is 5.97 Å². The third-order valence-electron chi connectivity index (χ3n) is 5.01. The molecule has 0 bridgehead atoms. The molecule has 4 rings (SSSR count). The Hall–Kier alpha value is -3.32. The number of hydrogen-bond acceptors (Lipinski definition) is 5. The molecule has 0 aliphatic carbocycles. The van der Waals surface area contributed by atoms with Crippen molar-refractivity contribution in [3.63, 3.8) is 0 Å². The van der Waals surface area contributed by atoms with Gasteiger partial charge in [0.05, 0.1) is 30.4 Å². The summed E-state index contributed by atoms with van der Waals surface area (Å²) in [5, 5.41) is 10.6. The second kappa shape index (κ2) is 8.81. The summed E-state index contributed by atoms with van der Waals surface area (Å²) in [5.74, 6) is 0.323. The van der Waals surface area contributed by atoms with Crippen molar-refractivity contribution in [3.05, 3.63) is 64.9 Å².